The molecule has 1 aliphatic rings. The van der Waals surface area contributed by atoms with Gasteiger partial charge in [0.25, 0.3) is 0 Å². The van der Waals surface area contributed by atoms with Crippen LogP contribution in [0, 0.1) is 0 Å². The zero-order chi connectivity index (χ0) is 13.2. The van der Waals surface area contributed by atoms with E-state index in [1.807, 2.05) is 28.3 Å². The van der Waals surface area contributed by atoms with Crippen LogP contribution in [0.25, 0.3) is 10.2 Å². The Bertz CT molecular complexity index is 591. The summed E-state index contributed by atoms with van der Waals surface area (Å²) in [4.78, 5) is 24.5. The number of nitrogens with zero attached hydrogens (tertiary/aromatic N) is 4. The molecule has 2 aromatic heterocycles. The van der Waals surface area contributed by atoms with Crippen LogP contribution in [0.5, 0.6) is 0 Å². The van der Waals surface area contributed by atoms with Gasteiger partial charge in [-0.15, -0.1) is 11.3 Å². The van der Waals surface area contributed by atoms with Crippen molar-refractivity contribution >= 4 is 33.3 Å². The summed E-state index contributed by atoms with van der Waals surface area (Å²) in [6.07, 6.45) is 3.80. The molecule has 3 rings (SSSR count). The van der Waals surface area contributed by atoms with Crippen molar-refractivity contribution in [3.8, 4) is 0 Å². The molecule has 3 heterocycles. The highest BCUT2D eigenvalue weighted by Crippen LogP contribution is 2.27. The number of amides is 1. The standard InChI is InChI=1S/C13H16N4OS/c1-16(8-11(18)17-5-2-3-6-17)13-12-10(4-7-19-12)14-9-15-13/h4,7,9H,2-3,5-6,8H2,1H3. The summed E-state index contributed by atoms with van der Waals surface area (Å²) in [7, 11) is 1.91. The smallest absolute Gasteiger partial charge is 0.242 e. The van der Waals surface area contributed by atoms with Crippen molar-refractivity contribution in [2.45, 2.75) is 12.8 Å². The Labute approximate surface area is 115 Å². The van der Waals surface area contributed by atoms with E-state index in [9.17, 15) is 4.79 Å². The molecule has 5 nitrogen and oxygen atoms in total. The number of hydrogen-bond donors (Lipinski definition) is 0. The molecular formula is C13H16N4OS. The van der Waals surface area contributed by atoms with Crippen molar-refractivity contribution in [3.05, 3.63) is 17.8 Å². The third-order valence-corrected chi connectivity index (χ3v) is 4.32. The molecule has 0 atom stereocenters. The van der Waals surface area contributed by atoms with Crippen molar-refractivity contribution in [2.75, 3.05) is 31.6 Å². The van der Waals surface area contributed by atoms with Gasteiger partial charge in [-0.25, -0.2) is 9.97 Å². The van der Waals surface area contributed by atoms with E-state index in [0.29, 0.717) is 6.54 Å². The van der Waals surface area contributed by atoms with E-state index in [2.05, 4.69) is 9.97 Å². The van der Waals surface area contributed by atoms with Gasteiger partial charge in [0.05, 0.1) is 16.8 Å². The van der Waals surface area contributed by atoms with E-state index >= 15 is 0 Å². The van der Waals surface area contributed by atoms with E-state index < -0.39 is 0 Å². The molecule has 1 aliphatic heterocycles. The summed E-state index contributed by atoms with van der Waals surface area (Å²) >= 11 is 1.61. The molecule has 0 bridgehead atoms. The quantitative estimate of drug-likeness (QED) is 0.857. The third kappa shape index (κ3) is 2.40. The van der Waals surface area contributed by atoms with Gasteiger partial charge in [0.2, 0.25) is 5.91 Å². The number of anilines is 1. The van der Waals surface area contributed by atoms with Gasteiger partial charge in [-0.2, -0.15) is 0 Å². The van der Waals surface area contributed by atoms with Gasteiger partial charge in [-0.3, -0.25) is 4.79 Å². The highest BCUT2D eigenvalue weighted by molar-refractivity contribution is 7.17. The summed E-state index contributed by atoms with van der Waals surface area (Å²) in [6.45, 7) is 2.17. The molecule has 0 N–H and O–H groups in total. The molecule has 6 heteroatoms. The summed E-state index contributed by atoms with van der Waals surface area (Å²) in [6, 6.07) is 1.97. The summed E-state index contributed by atoms with van der Waals surface area (Å²) in [5.74, 6) is 1.02. The first-order chi connectivity index (χ1) is 9.25. The minimum atomic E-state index is 0.184. The molecule has 1 fully saturated rings. The fourth-order valence-electron chi connectivity index (χ4n) is 2.39. The van der Waals surface area contributed by atoms with Crippen molar-refractivity contribution < 1.29 is 4.79 Å². The highest BCUT2D eigenvalue weighted by Gasteiger charge is 2.20. The third-order valence-electron chi connectivity index (χ3n) is 3.42. The van der Waals surface area contributed by atoms with Crippen LogP contribution in [0.2, 0.25) is 0 Å². The van der Waals surface area contributed by atoms with Crippen LogP contribution in [-0.4, -0.2) is 47.5 Å². The van der Waals surface area contributed by atoms with Gasteiger partial charge in [-0.05, 0) is 24.3 Å². The molecule has 0 unspecified atom stereocenters. The van der Waals surface area contributed by atoms with Crippen molar-refractivity contribution in [2.24, 2.45) is 0 Å². The van der Waals surface area contributed by atoms with Crippen LogP contribution < -0.4 is 4.90 Å². The van der Waals surface area contributed by atoms with E-state index in [0.717, 1.165) is 42.0 Å². The first-order valence-electron chi connectivity index (χ1n) is 6.43. The lowest BCUT2D eigenvalue weighted by Crippen LogP contribution is -2.37. The average Bonchev–Trinajstić information content (AvgIpc) is 3.08. The van der Waals surface area contributed by atoms with Crippen molar-refractivity contribution in [1.82, 2.24) is 14.9 Å². The lowest BCUT2D eigenvalue weighted by atomic mass is 10.4. The average molecular weight is 276 g/mol. The number of rotatable bonds is 3. The van der Waals surface area contributed by atoms with Crippen LogP contribution in [0.1, 0.15) is 12.8 Å². The molecule has 0 spiro atoms. The fourth-order valence-corrected chi connectivity index (χ4v) is 3.28. The minimum absolute atomic E-state index is 0.184. The Kier molecular flexibility index (Phi) is 3.33. The van der Waals surface area contributed by atoms with Gasteiger partial charge < -0.3 is 9.80 Å². The Balaban J connectivity index is 1.78. The lowest BCUT2D eigenvalue weighted by Gasteiger charge is -2.22. The number of aromatic nitrogens is 2. The van der Waals surface area contributed by atoms with Crippen LogP contribution in [0.15, 0.2) is 17.8 Å². The number of carbonyl (C=O) groups excluding carboxylic acids is 1. The zero-order valence-corrected chi connectivity index (χ0v) is 11.7. The molecule has 0 aliphatic carbocycles. The minimum Gasteiger partial charge on any atom is -0.349 e. The Morgan fingerprint density at radius 3 is 3.00 bits per heavy atom. The second-order valence-electron chi connectivity index (χ2n) is 4.78. The van der Waals surface area contributed by atoms with Crippen LogP contribution in [0.4, 0.5) is 5.82 Å². The number of thiophene rings is 1. The molecule has 2 aromatic rings. The van der Waals surface area contributed by atoms with Gasteiger partial charge in [0, 0.05) is 20.1 Å². The predicted molar refractivity (Wildman–Crippen MR) is 76.5 cm³/mol. The summed E-state index contributed by atoms with van der Waals surface area (Å²) in [5, 5.41) is 2.00. The van der Waals surface area contributed by atoms with E-state index in [1.54, 1.807) is 17.7 Å². The van der Waals surface area contributed by atoms with Crippen molar-refractivity contribution in [1.29, 1.82) is 0 Å². The molecule has 19 heavy (non-hydrogen) atoms. The summed E-state index contributed by atoms with van der Waals surface area (Å²) < 4.78 is 1.04. The molecule has 1 amide bonds. The number of likely N-dealkylation sites (N-methyl/N-ethyl adjacent to an activating group) is 1. The molecule has 0 radical (unpaired) electrons. The maximum atomic E-state index is 12.1. The monoisotopic (exact) mass is 276 g/mol. The van der Waals surface area contributed by atoms with E-state index in [1.165, 1.54) is 0 Å². The normalized spacial score (nSPS) is 15.1. The Morgan fingerprint density at radius 1 is 1.42 bits per heavy atom. The first-order valence-corrected chi connectivity index (χ1v) is 7.31. The Morgan fingerprint density at radius 2 is 2.21 bits per heavy atom. The van der Waals surface area contributed by atoms with Crippen LogP contribution in [0.3, 0.4) is 0 Å². The Hall–Kier alpha value is -1.69. The zero-order valence-electron chi connectivity index (χ0n) is 10.9. The molecule has 1 saturated heterocycles. The largest absolute Gasteiger partial charge is 0.349 e. The second-order valence-corrected chi connectivity index (χ2v) is 5.69. The van der Waals surface area contributed by atoms with Gasteiger partial charge in [0.15, 0.2) is 0 Å². The van der Waals surface area contributed by atoms with E-state index in [-0.39, 0.29) is 5.91 Å². The first kappa shape index (κ1) is 12.3. The molecule has 100 valence electrons. The predicted octanol–water partition coefficient (Wildman–Crippen LogP) is 1.75. The molecular weight excluding hydrogens is 260 g/mol. The maximum Gasteiger partial charge on any atom is 0.242 e. The molecule has 0 saturated carbocycles. The number of hydrogen-bond acceptors (Lipinski definition) is 5. The topological polar surface area (TPSA) is 49.3 Å². The fraction of sp³-hybridized carbons (Fsp3) is 0.462. The molecule has 0 aromatic carbocycles. The second kappa shape index (κ2) is 5.13. The number of fused-ring (bicyclic) bond motifs is 1. The van der Waals surface area contributed by atoms with Gasteiger partial charge in [0.1, 0.15) is 12.1 Å². The van der Waals surface area contributed by atoms with Crippen LogP contribution in [-0.2, 0) is 4.79 Å². The van der Waals surface area contributed by atoms with Gasteiger partial charge in [-0.1, -0.05) is 0 Å². The lowest BCUT2D eigenvalue weighted by molar-refractivity contribution is -0.128. The summed E-state index contributed by atoms with van der Waals surface area (Å²) in [5.41, 5.74) is 0.940. The highest BCUT2D eigenvalue weighted by atomic mass is 32.1. The maximum absolute atomic E-state index is 12.1. The van der Waals surface area contributed by atoms with Crippen molar-refractivity contribution in [3.63, 3.8) is 0 Å². The van der Waals surface area contributed by atoms with Crippen LogP contribution >= 0.6 is 11.3 Å². The SMILES string of the molecule is CN(CC(=O)N1CCCC1)c1ncnc2ccsc12. The number of likely N-dealkylation sites (tertiary alicyclic amines) is 1. The number of carbonyl (C=O) groups is 1. The van der Waals surface area contributed by atoms with Gasteiger partial charge >= 0.3 is 0 Å². The van der Waals surface area contributed by atoms with E-state index in [4.69, 9.17) is 0 Å².